The first-order valence-electron chi connectivity index (χ1n) is 15.3. The van der Waals surface area contributed by atoms with Crippen molar-refractivity contribution in [1.82, 2.24) is 39.0 Å². The number of nitrogens with two attached hydrogens (primary N) is 2. The van der Waals surface area contributed by atoms with E-state index in [1.807, 2.05) is 0 Å². The highest BCUT2D eigenvalue weighted by Crippen LogP contribution is 2.46. The standard InChI is InChI=1S/C24H34N10O16P2S/c25-23-29-17-11(19(39)31-23)27-7-33(17)21-15(37)13(35)9(49-21)5-47-51(41,42)45-1-3-53-4-2-46-52(43,44)48-6-10-14(36)16(38)22(50-10)34-8-28-12-18(34)30-24(26)32-20(12)40/h7-10,13-16,21-22,35-38H,1-6H2,(H,41,42)(H,43,44)(H3,25,29,31,39)(H3,26,30,32,40)/t9-,10-,13-,14-,15-,16-,21-,22-/m1/s1. The van der Waals surface area contributed by atoms with Crippen molar-refractivity contribution in [2.75, 3.05) is 49.4 Å². The van der Waals surface area contributed by atoms with Gasteiger partial charge in [0, 0.05) is 11.5 Å². The molecule has 10 atom stereocenters. The highest BCUT2D eigenvalue weighted by molar-refractivity contribution is 7.99. The van der Waals surface area contributed by atoms with Crippen molar-refractivity contribution in [2.24, 2.45) is 0 Å². The van der Waals surface area contributed by atoms with Gasteiger partial charge < -0.3 is 51.2 Å². The van der Waals surface area contributed by atoms with Crippen LogP contribution in [0.1, 0.15) is 12.5 Å². The van der Waals surface area contributed by atoms with Gasteiger partial charge in [0.1, 0.15) is 36.6 Å². The Morgan fingerprint density at radius 2 is 1.11 bits per heavy atom. The second-order valence-electron chi connectivity index (χ2n) is 11.5. The van der Waals surface area contributed by atoms with E-state index >= 15 is 0 Å². The molecule has 12 N–H and O–H groups in total. The van der Waals surface area contributed by atoms with Gasteiger partial charge in [0.15, 0.2) is 34.8 Å². The number of nitrogens with one attached hydrogen (secondary N) is 2. The van der Waals surface area contributed by atoms with Gasteiger partial charge in [-0.3, -0.25) is 46.8 Å². The number of nitrogens with zero attached hydrogens (tertiary/aromatic N) is 6. The highest BCUT2D eigenvalue weighted by atomic mass is 32.2. The Labute approximate surface area is 299 Å². The van der Waals surface area contributed by atoms with E-state index in [1.54, 1.807) is 0 Å². The molecule has 0 amide bonds. The molecule has 0 aromatic carbocycles. The first-order valence-corrected chi connectivity index (χ1v) is 19.5. The fourth-order valence-corrected chi connectivity index (χ4v) is 7.70. The van der Waals surface area contributed by atoms with Crippen LogP contribution in [0.5, 0.6) is 0 Å². The molecule has 26 nitrogen and oxygen atoms in total. The Morgan fingerprint density at radius 1 is 0.717 bits per heavy atom. The Hall–Kier alpha value is -3.37. The van der Waals surface area contributed by atoms with Gasteiger partial charge in [0.05, 0.1) is 39.1 Å². The highest BCUT2D eigenvalue weighted by Gasteiger charge is 2.47. The fourth-order valence-electron chi connectivity index (χ4n) is 5.39. The molecule has 0 spiro atoms. The Kier molecular flexibility index (Phi) is 11.7. The third-order valence-corrected chi connectivity index (χ3v) is 10.8. The van der Waals surface area contributed by atoms with E-state index in [-0.39, 0.29) is 58.9 Å². The number of aliphatic hydroxyl groups excluding tert-OH is 4. The minimum atomic E-state index is -4.67. The van der Waals surface area contributed by atoms with Crippen molar-refractivity contribution in [2.45, 2.75) is 49.1 Å². The van der Waals surface area contributed by atoms with Crippen molar-refractivity contribution in [1.29, 1.82) is 0 Å². The largest absolute Gasteiger partial charge is 0.472 e. The molecule has 53 heavy (non-hydrogen) atoms. The quantitative estimate of drug-likeness (QED) is 0.0390. The lowest BCUT2D eigenvalue weighted by molar-refractivity contribution is -0.0512. The number of aliphatic hydroxyl groups is 4. The minimum absolute atomic E-state index is 0.0304. The molecule has 292 valence electrons. The SMILES string of the molecule is Nc1nc2c(ncn2[C@@H]2O[C@H](COP(=O)(O)OCCSCCOP(=O)(O)OC[C@H]3O[C@@H](n4cnc5c(=O)[nH]c(N)nc54)[C@H](O)[C@@H]3O)[C@@H](O)[C@H]2O)c(=O)[nH]1. The number of phosphoric acid groups is 2. The van der Waals surface area contributed by atoms with E-state index in [2.05, 4.69) is 29.9 Å². The predicted molar refractivity (Wildman–Crippen MR) is 178 cm³/mol. The van der Waals surface area contributed by atoms with E-state index < -0.39 is 89.1 Å². The molecule has 2 fully saturated rings. The summed E-state index contributed by atoms with van der Waals surface area (Å²) in [6, 6.07) is 0. The maximum Gasteiger partial charge on any atom is 0.472 e. The van der Waals surface area contributed by atoms with Gasteiger partial charge in [0.2, 0.25) is 11.9 Å². The summed E-state index contributed by atoms with van der Waals surface area (Å²) in [6.45, 7) is -1.96. The van der Waals surface area contributed by atoms with Gasteiger partial charge in [-0.1, -0.05) is 0 Å². The molecule has 0 radical (unpaired) electrons. The molecule has 0 saturated carbocycles. The first kappa shape index (κ1) is 39.3. The molecule has 6 heterocycles. The first-order chi connectivity index (χ1) is 25.0. The molecule has 4 aromatic heterocycles. The lowest BCUT2D eigenvalue weighted by Crippen LogP contribution is -2.33. The molecule has 0 bridgehead atoms. The van der Waals surface area contributed by atoms with Crippen LogP contribution in [0.3, 0.4) is 0 Å². The van der Waals surface area contributed by atoms with Crippen LogP contribution in [-0.2, 0) is 36.7 Å². The smallest absolute Gasteiger partial charge is 0.387 e. The number of ether oxygens (including phenoxy) is 2. The Bertz CT molecular complexity index is 2000. The van der Waals surface area contributed by atoms with Crippen LogP contribution in [0.25, 0.3) is 22.3 Å². The number of aromatic amines is 2. The number of imidazole rings is 2. The lowest BCUT2D eigenvalue weighted by atomic mass is 10.1. The van der Waals surface area contributed by atoms with Crippen LogP contribution in [0.2, 0.25) is 0 Å². The van der Waals surface area contributed by atoms with Gasteiger partial charge in [-0.2, -0.15) is 21.7 Å². The summed E-state index contributed by atoms with van der Waals surface area (Å²) in [5.41, 5.74) is 9.63. The molecule has 2 aliphatic heterocycles. The molecule has 0 aliphatic carbocycles. The number of fused-ring (bicyclic) bond motifs is 2. The normalized spacial score (nSPS) is 28.5. The molecular weight excluding hydrogens is 778 g/mol. The average Bonchev–Trinajstić information content (AvgIpc) is 3.84. The van der Waals surface area contributed by atoms with Crippen molar-refractivity contribution in [3.63, 3.8) is 0 Å². The lowest BCUT2D eigenvalue weighted by Gasteiger charge is -2.18. The van der Waals surface area contributed by atoms with Crippen LogP contribution in [-0.4, -0.2) is 144 Å². The second-order valence-corrected chi connectivity index (χ2v) is 15.6. The third-order valence-electron chi connectivity index (χ3n) is 7.89. The number of aromatic nitrogens is 8. The van der Waals surface area contributed by atoms with E-state index in [9.17, 15) is 48.9 Å². The monoisotopic (exact) mass is 812 g/mol. The number of thioether (sulfide) groups is 1. The molecule has 29 heteroatoms. The molecule has 2 aliphatic rings. The van der Waals surface area contributed by atoms with Crippen molar-refractivity contribution in [3.8, 4) is 0 Å². The Balaban J connectivity index is 0.884. The molecule has 2 unspecified atom stereocenters. The third kappa shape index (κ3) is 8.64. The van der Waals surface area contributed by atoms with Crippen molar-refractivity contribution in [3.05, 3.63) is 33.4 Å². The summed E-state index contributed by atoms with van der Waals surface area (Å²) >= 11 is 1.11. The van der Waals surface area contributed by atoms with E-state index in [1.165, 1.54) is 9.13 Å². The molecule has 6 rings (SSSR count). The molecule has 2 saturated heterocycles. The predicted octanol–water partition coefficient (Wildman–Crippen LogP) is -3.34. The number of phosphoric ester groups is 2. The van der Waals surface area contributed by atoms with Crippen LogP contribution in [0.15, 0.2) is 22.2 Å². The number of H-pyrrole nitrogens is 2. The van der Waals surface area contributed by atoms with E-state index in [0.717, 1.165) is 24.4 Å². The molecule has 4 aromatic rings. The minimum Gasteiger partial charge on any atom is -0.387 e. The van der Waals surface area contributed by atoms with Gasteiger partial charge in [-0.15, -0.1) is 0 Å². The van der Waals surface area contributed by atoms with Crippen molar-refractivity contribution < 1.29 is 66.9 Å². The Morgan fingerprint density at radius 3 is 1.51 bits per heavy atom. The fraction of sp³-hybridized carbons (Fsp3) is 0.583. The van der Waals surface area contributed by atoms with Crippen LogP contribution >= 0.6 is 27.4 Å². The van der Waals surface area contributed by atoms with Crippen LogP contribution in [0.4, 0.5) is 11.9 Å². The number of hydrogen-bond acceptors (Lipinski definition) is 21. The maximum atomic E-state index is 12.4. The summed E-state index contributed by atoms with van der Waals surface area (Å²) in [6.07, 6.45) is -9.16. The van der Waals surface area contributed by atoms with E-state index in [4.69, 9.17) is 39.0 Å². The van der Waals surface area contributed by atoms with Gasteiger partial charge in [0.25, 0.3) is 11.1 Å². The summed E-state index contributed by atoms with van der Waals surface area (Å²) in [4.78, 5) is 64.5. The van der Waals surface area contributed by atoms with E-state index in [0.29, 0.717) is 0 Å². The number of rotatable bonds is 16. The van der Waals surface area contributed by atoms with Gasteiger partial charge >= 0.3 is 15.6 Å². The van der Waals surface area contributed by atoms with Crippen LogP contribution < -0.4 is 22.6 Å². The number of hydrogen-bond donors (Lipinski definition) is 10. The zero-order valence-electron chi connectivity index (χ0n) is 26.9. The summed E-state index contributed by atoms with van der Waals surface area (Å²) in [5, 5.41) is 41.9. The maximum absolute atomic E-state index is 12.4. The topological polar surface area (TPSA) is 390 Å². The summed E-state index contributed by atoms with van der Waals surface area (Å²) in [5.74, 6) is -0.227. The summed E-state index contributed by atoms with van der Waals surface area (Å²) in [7, 11) is -9.33. The van der Waals surface area contributed by atoms with Gasteiger partial charge in [-0.05, 0) is 0 Å². The zero-order chi connectivity index (χ0) is 38.2. The summed E-state index contributed by atoms with van der Waals surface area (Å²) < 4.78 is 58.0. The number of nitrogen functional groups attached to an aromatic ring is 2. The zero-order valence-corrected chi connectivity index (χ0v) is 29.5. The van der Waals surface area contributed by atoms with Crippen molar-refractivity contribution >= 4 is 61.6 Å². The second kappa shape index (κ2) is 15.8. The molecular formula is C24H34N10O16P2S. The van der Waals surface area contributed by atoms with Crippen LogP contribution in [0, 0.1) is 0 Å². The van der Waals surface area contributed by atoms with Gasteiger partial charge in [-0.25, -0.2) is 19.1 Å². The average molecular weight is 813 g/mol. The number of anilines is 2.